The second kappa shape index (κ2) is 5.67. The minimum Gasteiger partial charge on any atom is -0.365 e. The van der Waals surface area contributed by atoms with Gasteiger partial charge in [0.1, 0.15) is 12.1 Å². The van der Waals surface area contributed by atoms with Crippen molar-refractivity contribution in [1.82, 2.24) is 9.97 Å². The maximum atomic E-state index is 5.66. The summed E-state index contributed by atoms with van der Waals surface area (Å²) in [6.07, 6.45) is 1.58. The lowest BCUT2D eigenvalue weighted by molar-refractivity contribution is 1.04. The van der Waals surface area contributed by atoms with E-state index in [0.29, 0.717) is 6.54 Å². The summed E-state index contributed by atoms with van der Waals surface area (Å²) < 4.78 is 0. The number of nitrogens with one attached hydrogen (secondary N) is 1. The smallest absolute Gasteiger partial charge is 0.137 e. The number of nitrogens with zero attached hydrogens (tertiary/aromatic N) is 2. The Hall–Kier alpha value is -2.46. The van der Waals surface area contributed by atoms with Gasteiger partial charge < -0.3 is 11.1 Å². The predicted octanol–water partition coefficient (Wildman–Crippen LogP) is 2.70. The van der Waals surface area contributed by atoms with Gasteiger partial charge in [0.05, 0.1) is 5.52 Å². The molecule has 1 heterocycles. The molecule has 0 unspecified atom stereocenters. The van der Waals surface area contributed by atoms with Crippen molar-refractivity contribution in [1.29, 1.82) is 0 Å². The van der Waals surface area contributed by atoms with Crippen molar-refractivity contribution in [3.8, 4) is 0 Å². The molecule has 0 aliphatic carbocycles. The normalized spacial score (nSPS) is 10.7. The zero-order chi connectivity index (χ0) is 13.8. The minimum atomic E-state index is 0.560. The second-order valence-electron chi connectivity index (χ2n) is 4.62. The summed E-state index contributed by atoms with van der Waals surface area (Å²) in [7, 11) is 0. The summed E-state index contributed by atoms with van der Waals surface area (Å²) in [6.45, 7) is 1.28. The highest BCUT2D eigenvalue weighted by molar-refractivity contribution is 5.88. The molecular weight excluding hydrogens is 248 g/mol. The van der Waals surface area contributed by atoms with Gasteiger partial charge in [-0.15, -0.1) is 0 Å². The fourth-order valence-corrected chi connectivity index (χ4v) is 2.20. The molecule has 0 radical (unpaired) electrons. The van der Waals surface area contributed by atoms with Crippen LogP contribution in [0.2, 0.25) is 0 Å². The van der Waals surface area contributed by atoms with Gasteiger partial charge in [-0.2, -0.15) is 0 Å². The van der Waals surface area contributed by atoms with E-state index < -0.39 is 0 Å². The number of hydrogen-bond acceptors (Lipinski definition) is 4. The van der Waals surface area contributed by atoms with E-state index in [0.717, 1.165) is 28.8 Å². The van der Waals surface area contributed by atoms with Gasteiger partial charge in [-0.05, 0) is 23.3 Å². The van der Waals surface area contributed by atoms with E-state index >= 15 is 0 Å². The Morgan fingerprint density at radius 2 is 1.80 bits per heavy atom. The third-order valence-electron chi connectivity index (χ3n) is 3.23. The van der Waals surface area contributed by atoms with Crippen LogP contribution in [0.4, 0.5) is 5.82 Å². The van der Waals surface area contributed by atoms with Crippen LogP contribution in [-0.4, -0.2) is 9.97 Å². The zero-order valence-corrected chi connectivity index (χ0v) is 11.1. The van der Waals surface area contributed by atoms with Crippen LogP contribution in [0, 0.1) is 0 Å². The van der Waals surface area contributed by atoms with Gasteiger partial charge in [0.25, 0.3) is 0 Å². The molecule has 3 N–H and O–H groups in total. The van der Waals surface area contributed by atoms with Gasteiger partial charge in [-0.25, -0.2) is 9.97 Å². The van der Waals surface area contributed by atoms with Gasteiger partial charge >= 0.3 is 0 Å². The SMILES string of the molecule is NCc1cccc(CNc2ncnc3ccccc23)c1. The summed E-state index contributed by atoms with van der Waals surface area (Å²) in [5, 5.41) is 4.40. The average Bonchev–Trinajstić information content (AvgIpc) is 2.53. The number of hydrogen-bond donors (Lipinski definition) is 2. The lowest BCUT2D eigenvalue weighted by Gasteiger charge is -2.09. The number of benzene rings is 2. The molecule has 4 heteroatoms. The molecule has 4 nitrogen and oxygen atoms in total. The summed E-state index contributed by atoms with van der Waals surface area (Å²) in [5.74, 6) is 0.855. The molecule has 0 bridgehead atoms. The molecule has 3 rings (SSSR count). The monoisotopic (exact) mass is 264 g/mol. The molecule has 100 valence electrons. The minimum absolute atomic E-state index is 0.560. The molecule has 0 saturated heterocycles. The summed E-state index contributed by atoms with van der Waals surface area (Å²) in [6, 6.07) is 16.2. The standard InChI is InChI=1S/C16H16N4/c17-9-12-4-3-5-13(8-12)10-18-16-14-6-1-2-7-15(14)19-11-20-16/h1-8,11H,9-10,17H2,(H,18,19,20). The van der Waals surface area contributed by atoms with Crippen LogP contribution < -0.4 is 11.1 Å². The molecule has 20 heavy (non-hydrogen) atoms. The van der Waals surface area contributed by atoms with Crippen LogP contribution in [-0.2, 0) is 13.1 Å². The van der Waals surface area contributed by atoms with Crippen LogP contribution in [0.1, 0.15) is 11.1 Å². The van der Waals surface area contributed by atoms with Crippen molar-refractivity contribution in [2.75, 3.05) is 5.32 Å². The Bertz CT molecular complexity index is 719. The number of anilines is 1. The first-order valence-corrected chi connectivity index (χ1v) is 6.58. The molecule has 0 saturated carbocycles. The van der Waals surface area contributed by atoms with E-state index in [4.69, 9.17) is 5.73 Å². The fourth-order valence-electron chi connectivity index (χ4n) is 2.20. The van der Waals surface area contributed by atoms with Crippen LogP contribution >= 0.6 is 0 Å². The topological polar surface area (TPSA) is 63.8 Å². The highest BCUT2D eigenvalue weighted by Crippen LogP contribution is 2.19. The number of rotatable bonds is 4. The Morgan fingerprint density at radius 3 is 2.70 bits per heavy atom. The van der Waals surface area contributed by atoms with Crippen LogP contribution in [0.3, 0.4) is 0 Å². The maximum absolute atomic E-state index is 5.66. The van der Waals surface area contributed by atoms with Crippen molar-refractivity contribution < 1.29 is 0 Å². The van der Waals surface area contributed by atoms with Gasteiger partial charge in [0.15, 0.2) is 0 Å². The Kier molecular flexibility index (Phi) is 3.56. The van der Waals surface area contributed by atoms with Crippen molar-refractivity contribution in [2.24, 2.45) is 5.73 Å². The Labute approximate surface area is 117 Å². The van der Waals surface area contributed by atoms with E-state index in [2.05, 4.69) is 27.4 Å². The summed E-state index contributed by atoms with van der Waals surface area (Å²) in [4.78, 5) is 8.57. The van der Waals surface area contributed by atoms with Gasteiger partial charge in [-0.3, -0.25) is 0 Å². The number of nitrogens with two attached hydrogens (primary N) is 1. The molecule has 0 spiro atoms. The Morgan fingerprint density at radius 1 is 0.950 bits per heavy atom. The van der Waals surface area contributed by atoms with E-state index in [1.54, 1.807) is 6.33 Å². The summed E-state index contributed by atoms with van der Waals surface area (Å²) >= 11 is 0. The predicted molar refractivity (Wildman–Crippen MR) is 81.2 cm³/mol. The second-order valence-corrected chi connectivity index (χ2v) is 4.62. The lowest BCUT2D eigenvalue weighted by Crippen LogP contribution is -2.04. The van der Waals surface area contributed by atoms with Crippen LogP contribution in [0.25, 0.3) is 10.9 Å². The Balaban J connectivity index is 1.83. The lowest BCUT2D eigenvalue weighted by atomic mass is 10.1. The number of aromatic nitrogens is 2. The third kappa shape index (κ3) is 2.60. The first-order chi connectivity index (χ1) is 9.86. The molecule has 0 aliphatic rings. The van der Waals surface area contributed by atoms with Gasteiger partial charge in [0.2, 0.25) is 0 Å². The molecule has 0 aliphatic heterocycles. The molecule has 1 aromatic heterocycles. The molecule has 2 aromatic carbocycles. The maximum Gasteiger partial charge on any atom is 0.137 e. The van der Waals surface area contributed by atoms with E-state index in [1.165, 1.54) is 5.56 Å². The van der Waals surface area contributed by atoms with Crippen molar-refractivity contribution in [3.63, 3.8) is 0 Å². The van der Waals surface area contributed by atoms with Gasteiger partial charge in [0, 0.05) is 18.5 Å². The highest BCUT2D eigenvalue weighted by Gasteiger charge is 2.02. The fraction of sp³-hybridized carbons (Fsp3) is 0.125. The van der Waals surface area contributed by atoms with E-state index in [9.17, 15) is 0 Å². The highest BCUT2D eigenvalue weighted by atomic mass is 15.0. The van der Waals surface area contributed by atoms with Crippen molar-refractivity contribution in [3.05, 3.63) is 66.0 Å². The summed E-state index contributed by atoms with van der Waals surface area (Å²) in [5.41, 5.74) is 8.93. The largest absolute Gasteiger partial charge is 0.365 e. The zero-order valence-electron chi connectivity index (χ0n) is 11.1. The molecular formula is C16H16N4. The molecule has 3 aromatic rings. The number of para-hydroxylation sites is 1. The van der Waals surface area contributed by atoms with Gasteiger partial charge in [-0.1, -0.05) is 36.4 Å². The first kappa shape index (κ1) is 12.6. The number of fused-ring (bicyclic) bond motifs is 1. The molecule has 0 amide bonds. The van der Waals surface area contributed by atoms with Crippen LogP contribution in [0.15, 0.2) is 54.9 Å². The average molecular weight is 264 g/mol. The van der Waals surface area contributed by atoms with Crippen molar-refractivity contribution in [2.45, 2.75) is 13.1 Å². The van der Waals surface area contributed by atoms with Crippen molar-refractivity contribution >= 4 is 16.7 Å². The first-order valence-electron chi connectivity index (χ1n) is 6.58. The van der Waals surface area contributed by atoms with E-state index in [-0.39, 0.29) is 0 Å². The molecule has 0 fully saturated rings. The third-order valence-corrected chi connectivity index (χ3v) is 3.23. The van der Waals surface area contributed by atoms with Crippen LogP contribution in [0.5, 0.6) is 0 Å². The van der Waals surface area contributed by atoms with E-state index in [1.807, 2.05) is 36.4 Å². The molecule has 0 atom stereocenters. The quantitative estimate of drug-likeness (QED) is 0.760.